The van der Waals surface area contributed by atoms with Gasteiger partial charge in [0, 0.05) is 61.6 Å². The molecular weight excluding hydrogens is 776 g/mol. The summed E-state index contributed by atoms with van der Waals surface area (Å²) in [5.41, 5.74) is 14.1. The summed E-state index contributed by atoms with van der Waals surface area (Å²) in [5.74, 6) is 0.454. The van der Waals surface area contributed by atoms with Gasteiger partial charge >= 0.3 is 0 Å². The Hall–Kier alpha value is -8.48. The van der Waals surface area contributed by atoms with Crippen molar-refractivity contribution in [1.29, 1.82) is 0 Å². The Bertz CT molecular complexity index is 3460. The molecule has 0 bridgehead atoms. The van der Waals surface area contributed by atoms with Gasteiger partial charge in [-0.15, -0.1) is 0 Å². The van der Waals surface area contributed by atoms with Crippen molar-refractivity contribution < 1.29 is 8.81 Å². The van der Waals surface area contributed by atoms with Crippen molar-refractivity contribution in [3.8, 4) is 22.3 Å². The van der Waals surface area contributed by atoms with Crippen LogP contribution in [0.1, 0.15) is 0 Å². The van der Waals surface area contributed by atoms with Gasteiger partial charge < -0.3 is 14.2 Å². The molecule has 2 aromatic heterocycles. The van der Waals surface area contributed by atoms with E-state index in [-0.39, 0.29) is 5.82 Å². The molecule has 11 aromatic rings. The van der Waals surface area contributed by atoms with Gasteiger partial charge in [-0.3, -0.25) is 4.90 Å². The minimum atomic E-state index is -0.280. The lowest BCUT2D eigenvalue weighted by Crippen LogP contribution is -2.16. The number of furan rings is 1. The monoisotopic (exact) mass is 812 g/mol. The molecule has 6 heteroatoms. The number of hydrogen-bond donors (Lipinski definition) is 0. The molecule has 0 N–H and O–H groups in total. The molecule has 1 aliphatic rings. The topological polar surface area (TPSA) is 35.8 Å². The van der Waals surface area contributed by atoms with Crippen LogP contribution in [-0.2, 0) is 0 Å². The van der Waals surface area contributed by atoms with Crippen molar-refractivity contribution in [2.45, 2.75) is 0 Å². The zero-order valence-corrected chi connectivity index (χ0v) is 33.9. The van der Waals surface area contributed by atoms with Crippen molar-refractivity contribution in [2.24, 2.45) is 0 Å². The molecular formula is C57H37FN4O. The van der Waals surface area contributed by atoms with Crippen molar-refractivity contribution in [1.82, 2.24) is 4.98 Å². The normalized spacial score (nSPS) is 11.9. The zero-order valence-electron chi connectivity index (χ0n) is 33.9. The Morgan fingerprint density at radius 1 is 0.444 bits per heavy atom. The molecule has 0 atom stereocenters. The maximum atomic E-state index is 14.0. The lowest BCUT2D eigenvalue weighted by Gasteiger charge is -2.35. The van der Waals surface area contributed by atoms with E-state index in [1.807, 2.05) is 59.6 Å². The van der Waals surface area contributed by atoms with Gasteiger partial charge in [0.2, 0.25) is 0 Å². The minimum absolute atomic E-state index is 0.280. The van der Waals surface area contributed by atoms with Gasteiger partial charge in [-0.2, -0.15) is 0 Å². The van der Waals surface area contributed by atoms with Gasteiger partial charge in [0.05, 0.1) is 22.7 Å². The fourth-order valence-electron chi connectivity index (χ4n) is 9.25. The Morgan fingerprint density at radius 2 is 1.08 bits per heavy atom. The van der Waals surface area contributed by atoms with Crippen LogP contribution in [0.2, 0.25) is 0 Å². The summed E-state index contributed by atoms with van der Waals surface area (Å²) in [6.07, 6.45) is 1.92. The predicted molar refractivity (Wildman–Crippen MR) is 257 cm³/mol. The van der Waals surface area contributed by atoms with E-state index in [2.05, 4.69) is 155 Å². The number of rotatable bonds is 8. The largest absolute Gasteiger partial charge is 0.454 e. The molecule has 0 saturated heterocycles. The van der Waals surface area contributed by atoms with E-state index in [0.717, 1.165) is 95.3 Å². The van der Waals surface area contributed by atoms with Crippen LogP contribution in [0.3, 0.4) is 0 Å². The molecule has 0 unspecified atom stereocenters. The molecule has 9 aromatic carbocycles. The Balaban J connectivity index is 1.01. The summed E-state index contributed by atoms with van der Waals surface area (Å²) in [5, 5.41) is 4.48. The molecule has 0 spiro atoms. The summed E-state index contributed by atoms with van der Waals surface area (Å²) in [4.78, 5) is 11.8. The molecule has 5 nitrogen and oxygen atoms in total. The number of fused-ring (bicyclic) bond motifs is 5. The fraction of sp³-hybridized carbons (Fsp3) is 0. The predicted octanol–water partition coefficient (Wildman–Crippen LogP) is 16.3. The van der Waals surface area contributed by atoms with Gasteiger partial charge in [0.25, 0.3) is 0 Å². The van der Waals surface area contributed by atoms with Crippen LogP contribution in [0.15, 0.2) is 229 Å². The summed E-state index contributed by atoms with van der Waals surface area (Å²) >= 11 is 0. The summed E-state index contributed by atoms with van der Waals surface area (Å²) in [7, 11) is 0. The van der Waals surface area contributed by atoms with Gasteiger partial charge in [-0.05, 0) is 114 Å². The summed E-state index contributed by atoms with van der Waals surface area (Å²) < 4.78 is 20.7. The first-order valence-corrected chi connectivity index (χ1v) is 21.1. The molecule has 0 saturated carbocycles. The molecule has 63 heavy (non-hydrogen) atoms. The van der Waals surface area contributed by atoms with E-state index < -0.39 is 0 Å². The number of hydrogen-bond acceptors (Lipinski definition) is 5. The molecule has 0 amide bonds. The third-order valence-electron chi connectivity index (χ3n) is 12.1. The highest BCUT2D eigenvalue weighted by atomic mass is 19.1. The van der Waals surface area contributed by atoms with Crippen LogP contribution in [0.5, 0.6) is 0 Å². The van der Waals surface area contributed by atoms with Gasteiger partial charge in [-0.1, -0.05) is 115 Å². The standard InChI is InChI=1S/C57H37FN4O/c58-40-28-30-44(31-29-40)60(41-14-4-1-5-15-41)55-35-27-39(37-59-55)38-26-32-45-47-33-34-50(49-22-13-23-51(56(47)49)62(53(45)36-38)43-18-8-3-9-19-43)61(42-16-6-2-7-17-42)52-24-12-21-48-46-20-10-11-25-54(46)63-57(48)52/h1-37H. The van der Waals surface area contributed by atoms with Gasteiger partial charge in [0.15, 0.2) is 5.58 Å². The van der Waals surface area contributed by atoms with E-state index in [9.17, 15) is 4.39 Å². The second-order valence-corrected chi connectivity index (χ2v) is 15.7. The van der Waals surface area contributed by atoms with E-state index in [1.54, 1.807) is 12.1 Å². The van der Waals surface area contributed by atoms with Crippen LogP contribution in [0, 0.1) is 5.82 Å². The Morgan fingerprint density at radius 3 is 1.84 bits per heavy atom. The molecule has 0 aliphatic carbocycles. The van der Waals surface area contributed by atoms with Crippen LogP contribution in [0.25, 0.3) is 55.0 Å². The summed E-state index contributed by atoms with van der Waals surface area (Å²) in [6.45, 7) is 0. The maximum Gasteiger partial charge on any atom is 0.159 e. The first-order valence-electron chi connectivity index (χ1n) is 21.1. The first kappa shape index (κ1) is 36.4. The SMILES string of the molecule is Fc1ccc(N(c2ccccc2)c2ccc(-c3ccc4c(c3)N(c3ccccc3)c3cccc5c(N(c6ccccc6)c6cccc7c6oc6ccccc67)ccc-4c35)cn2)cc1. The highest BCUT2D eigenvalue weighted by Crippen LogP contribution is 2.55. The fourth-order valence-corrected chi connectivity index (χ4v) is 9.25. The van der Waals surface area contributed by atoms with Crippen molar-refractivity contribution in [3.63, 3.8) is 0 Å². The third kappa shape index (κ3) is 6.11. The minimum Gasteiger partial charge on any atom is -0.454 e. The molecule has 12 rings (SSSR count). The van der Waals surface area contributed by atoms with Crippen molar-refractivity contribution in [3.05, 3.63) is 230 Å². The first-order chi connectivity index (χ1) is 31.2. The number of pyridine rings is 1. The maximum absolute atomic E-state index is 14.0. The highest BCUT2D eigenvalue weighted by Gasteiger charge is 2.29. The summed E-state index contributed by atoms with van der Waals surface area (Å²) in [6, 6.07) is 74.4. The van der Waals surface area contributed by atoms with Crippen molar-refractivity contribution >= 4 is 84.0 Å². The quantitative estimate of drug-likeness (QED) is 0.153. The van der Waals surface area contributed by atoms with Gasteiger partial charge in [-0.25, -0.2) is 9.37 Å². The lowest BCUT2D eigenvalue weighted by atomic mass is 9.88. The van der Waals surface area contributed by atoms with E-state index in [4.69, 9.17) is 9.40 Å². The lowest BCUT2D eigenvalue weighted by molar-refractivity contribution is 0.628. The van der Waals surface area contributed by atoms with E-state index in [1.165, 1.54) is 23.1 Å². The smallest absolute Gasteiger partial charge is 0.159 e. The Kier molecular flexibility index (Phi) is 8.61. The molecule has 1 aliphatic heterocycles. The molecule has 3 heterocycles. The average molecular weight is 813 g/mol. The second-order valence-electron chi connectivity index (χ2n) is 15.7. The van der Waals surface area contributed by atoms with Crippen LogP contribution in [0.4, 0.5) is 55.7 Å². The highest BCUT2D eigenvalue weighted by molar-refractivity contribution is 6.19. The van der Waals surface area contributed by atoms with Crippen LogP contribution in [-0.4, -0.2) is 4.98 Å². The molecule has 0 fully saturated rings. The van der Waals surface area contributed by atoms with E-state index in [0.29, 0.717) is 0 Å². The average Bonchev–Trinajstić information content (AvgIpc) is 3.73. The van der Waals surface area contributed by atoms with Crippen LogP contribution < -0.4 is 14.7 Å². The number of benzene rings is 9. The molecule has 0 radical (unpaired) electrons. The number of nitrogens with zero attached hydrogens (tertiary/aromatic N) is 4. The number of aromatic nitrogens is 1. The van der Waals surface area contributed by atoms with E-state index >= 15 is 0 Å². The number of para-hydroxylation sites is 5. The van der Waals surface area contributed by atoms with Crippen molar-refractivity contribution in [2.75, 3.05) is 14.7 Å². The Labute approximate surface area is 363 Å². The molecule has 298 valence electrons. The second kappa shape index (κ2) is 14.9. The number of anilines is 9. The van der Waals surface area contributed by atoms with Crippen LogP contribution >= 0.6 is 0 Å². The van der Waals surface area contributed by atoms with Gasteiger partial charge in [0.1, 0.15) is 17.2 Å². The third-order valence-corrected chi connectivity index (χ3v) is 12.1. The number of halogens is 1. The zero-order chi connectivity index (χ0) is 41.9.